The molecule has 0 aliphatic rings. The molecular weight excluding hydrogens is 744 g/mol. The average molecular weight is 778 g/mol. The van der Waals surface area contributed by atoms with Crippen molar-refractivity contribution in [3.8, 4) is 11.5 Å². The van der Waals surface area contributed by atoms with Crippen LogP contribution in [-0.4, -0.2) is 9.97 Å². The molecule has 8 aromatic rings. The van der Waals surface area contributed by atoms with Crippen molar-refractivity contribution >= 4 is 64.9 Å². The zero-order valence-corrected chi connectivity index (χ0v) is 29.1. The summed E-state index contributed by atoms with van der Waals surface area (Å²) in [5, 5.41) is 11.1. The van der Waals surface area contributed by atoms with E-state index in [0.717, 1.165) is 54.1 Å². The topological polar surface area (TPSA) is 35.0 Å². The normalized spacial score (nSPS) is 12.4. The molecule has 0 saturated carbocycles. The van der Waals surface area contributed by atoms with Crippen molar-refractivity contribution in [3.05, 3.63) is 121 Å². The molecule has 0 atom stereocenters. The molecule has 2 aromatic heterocycles. The Balaban J connectivity index is 0.00000338. The Labute approximate surface area is 283 Å². The maximum absolute atomic E-state index is 6.77. The first-order valence-electron chi connectivity index (χ1n) is 15.6. The van der Waals surface area contributed by atoms with E-state index in [-0.39, 0.29) is 31.9 Å². The molecule has 228 valence electrons. The summed E-state index contributed by atoms with van der Waals surface area (Å²) in [6.45, 7) is 13.4. The largest absolute Gasteiger partial charge is 2.00 e. The van der Waals surface area contributed by atoms with E-state index < -0.39 is 0 Å². The summed E-state index contributed by atoms with van der Waals surface area (Å²) in [5.74, 6) is 1.31. The molecular formula is C42H34N2OPt. The van der Waals surface area contributed by atoms with Crippen molar-refractivity contribution in [1.82, 2.24) is 9.97 Å². The van der Waals surface area contributed by atoms with E-state index in [0.29, 0.717) is 11.5 Å². The number of hydrogen-bond acceptors (Lipinski definition) is 3. The van der Waals surface area contributed by atoms with Gasteiger partial charge in [0.1, 0.15) is 0 Å². The number of fused-ring (bicyclic) bond motifs is 10. The van der Waals surface area contributed by atoms with E-state index in [1.807, 2.05) is 12.4 Å². The Hall–Kier alpha value is -4.33. The number of benzene rings is 6. The average Bonchev–Trinajstić information content (AvgIpc) is 3.02. The minimum atomic E-state index is -0.124. The van der Waals surface area contributed by atoms with Crippen molar-refractivity contribution in [3.63, 3.8) is 0 Å². The first-order chi connectivity index (χ1) is 21.6. The first-order valence-corrected chi connectivity index (χ1v) is 15.6. The van der Waals surface area contributed by atoms with E-state index >= 15 is 0 Å². The monoisotopic (exact) mass is 777 g/mol. The van der Waals surface area contributed by atoms with Gasteiger partial charge in [-0.25, -0.2) is 0 Å². The second kappa shape index (κ2) is 10.9. The SMILES string of the molecule is CC(C)(C)c1cc(Oc2[c-]c3c(ccc4c5ccccc5cnc34)c(C(C)(C)C)c2)[c-]c2c1ccc1c3ccccc3cnc21.[Pt+2]. The third-order valence-corrected chi connectivity index (χ3v) is 8.99. The molecule has 46 heavy (non-hydrogen) atoms. The number of nitrogens with zero attached hydrogens (tertiary/aromatic N) is 2. The molecule has 0 amide bonds. The zero-order chi connectivity index (χ0) is 31.1. The van der Waals surface area contributed by atoms with Crippen molar-refractivity contribution in [2.24, 2.45) is 0 Å². The van der Waals surface area contributed by atoms with Crippen LogP contribution < -0.4 is 4.74 Å². The quantitative estimate of drug-likeness (QED) is 0.130. The fourth-order valence-electron chi connectivity index (χ4n) is 6.77. The number of rotatable bonds is 2. The molecule has 8 rings (SSSR count). The van der Waals surface area contributed by atoms with Gasteiger partial charge in [0.15, 0.2) is 0 Å². The molecule has 4 heteroatoms. The summed E-state index contributed by atoms with van der Waals surface area (Å²) >= 11 is 0. The second-order valence-electron chi connectivity index (χ2n) is 14.2. The van der Waals surface area contributed by atoms with Gasteiger partial charge in [-0.15, -0.1) is 32.7 Å². The van der Waals surface area contributed by atoms with Gasteiger partial charge in [-0.3, -0.25) is 0 Å². The molecule has 3 nitrogen and oxygen atoms in total. The summed E-state index contributed by atoms with van der Waals surface area (Å²) in [7, 11) is 0. The van der Waals surface area contributed by atoms with Crippen LogP contribution in [0.25, 0.3) is 64.9 Å². The Kier molecular flexibility index (Phi) is 7.18. The minimum absolute atomic E-state index is 0. The zero-order valence-electron chi connectivity index (χ0n) is 26.9. The van der Waals surface area contributed by atoms with Crippen LogP contribution >= 0.6 is 0 Å². The summed E-state index contributed by atoms with van der Waals surface area (Å²) < 4.78 is 6.77. The van der Waals surface area contributed by atoms with E-state index in [2.05, 4.69) is 139 Å². The summed E-state index contributed by atoms with van der Waals surface area (Å²) in [5.41, 5.74) is 4.00. The summed E-state index contributed by atoms with van der Waals surface area (Å²) in [4.78, 5) is 9.90. The third-order valence-electron chi connectivity index (χ3n) is 8.99. The first kappa shape index (κ1) is 30.3. The van der Waals surface area contributed by atoms with Crippen LogP contribution in [-0.2, 0) is 31.9 Å². The van der Waals surface area contributed by atoms with E-state index in [1.54, 1.807) is 0 Å². The molecule has 0 N–H and O–H groups in total. The van der Waals surface area contributed by atoms with Crippen LogP contribution in [0.4, 0.5) is 0 Å². The van der Waals surface area contributed by atoms with Gasteiger partial charge in [-0.05, 0) is 54.2 Å². The number of ether oxygens (including phenoxy) is 1. The predicted molar refractivity (Wildman–Crippen MR) is 189 cm³/mol. The van der Waals surface area contributed by atoms with Crippen LogP contribution in [0.15, 0.2) is 97.3 Å². The number of aromatic nitrogens is 2. The molecule has 0 radical (unpaired) electrons. The van der Waals surface area contributed by atoms with Crippen LogP contribution in [0.3, 0.4) is 0 Å². The fraction of sp³-hybridized carbons (Fsp3) is 0.190. The number of pyridine rings is 2. The molecule has 0 saturated heterocycles. The Morgan fingerprint density at radius 3 is 1.30 bits per heavy atom. The van der Waals surface area contributed by atoms with Crippen molar-refractivity contribution < 1.29 is 25.8 Å². The van der Waals surface area contributed by atoms with E-state index in [9.17, 15) is 0 Å². The molecule has 2 heterocycles. The van der Waals surface area contributed by atoms with Crippen molar-refractivity contribution in [2.45, 2.75) is 52.4 Å². The van der Waals surface area contributed by atoms with Gasteiger partial charge < -0.3 is 14.7 Å². The van der Waals surface area contributed by atoms with Gasteiger partial charge in [0.05, 0.1) is 0 Å². The van der Waals surface area contributed by atoms with Crippen LogP contribution in [0, 0.1) is 12.1 Å². The molecule has 6 aromatic carbocycles. The van der Waals surface area contributed by atoms with Crippen molar-refractivity contribution in [1.29, 1.82) is 0 Å². The summed E-state index contributed by atoms with van der Waals surface area (Å²) in [6, 6.07) is 37.2. The molecule has 0 unspecified atom stereocenters. The number of hydrogen-bond donors (Lipinski definition) is 0. The fourth-order valence-corrected chi connectivity index (χ4v) is 6.77. The standard InChI is InChI=1S/C42H34N2O.Pt/c1-41(2,3)37-21-27(19-35-31(37)15-17-33-29-13-9-7-11-25(29)23-43-39(33)35)45-28-20-36-32(38(22-28)42(4,5)6)16-18-34-30-14-10-8-12-26(30)24-44-40(34)36;/h7-18,21-24H,1-6H3;/q-2;+2. The predicted octanol–water partition coefficient (Wildman–Crippen LogP) is 11.4. The van der Waals surface area contributed by atoms with Gasteiger partial charge in [0.2, 0.25) is 0 Å². The van der Waals surface area contributed by atoms with Crippen LogP contribution in [0.5, 0.6) is 11.5 Å². The maximum atomic E-state index is 6.77. The van der Waals surface area contributed by atoms with Crippen LogP contribution in [0.1, 0.15) is 52.7 Å². The van der Waals surface area contributed by atoms with Gasteiger partial charge >= 0.3 is 21.1 Å². The maximum Gasteiger partial charge on any atom is 2.00 e. The van der Waals surface area contributed by atoms with E-state index in [1.165, 1.54) is 21.9 Å². The second-order valence-corrected chi connectivity index (χ2v) is 14.2. The Bertz CT molecular complexity index is 2310. The summed E-state index contributed by atoms with van der Waals surface area (Å²) in [6.07, 6.45) is 3.92. The Morgan fingerprint density at radius 2 is 0.891 bits per heavy atom. The molecule has 0 bridgehead atoms. The molecule has 0 fully saturated rings. The molecule has 0 aliphatic carbocycles. The Morgan fingerprint density at radius 1 is 0.500 bits per heavy atom. The third kappa shape index (κ3) is 4.93. The van der Waals surface area contributed by atoms with E-state index in [4.69, 9.17) is 14.7 Å². The molecule has 0 aliphatic heterocycles. The van der Waals surface area contributed by atoms with Gasteiger partial charge in [0.25, 0.3) is 0 Å². The van der Waals surface area contributed by atoms with Crippen LogP contribution in [0.2, 0.25) is 0 Å². The molecule has 0 spiro atoms. The van der Waals surface area contributed by atoms with Gasteiger partial charge in [0, 0.05) is 23.9 Å². The van der Waals surface area contributed by atoms with Gasteiger partial charge in [-0.1, -0.05) is 139 Å². The van der Waals surface area contributed by atoms with Crippen molar-refractivity contribution in [2.75, 3.05) is 0 Å². The smallest absolute Gasteiger partial charge is 0.497 e. The minimum Gasteiger partial charge on any atom is -0.497 e. The van der Waals surface area contributed by atoms with Gasteiger partial charge in [-0.2, -0.15) is 0 Å².